The zero-order valence-electron chi connectivity index (χ0n) is 7.26. The van der Waals surface area contributed by atoms with E-state index in [4.69, 9.17) is 5.11 Å². The molecular formula is C10H12FNO. The molecule has 0 radical (unpaired) electrons. The van der Waals surface area contributed by atoms with Gasteiger partial charge in [0.05, 0.1) is 6.61 Å². The van der Waals surface area contributed by atoms with E-state index >= 15 is 0 Å². The lowest BCUT2D eigenvalue weighted by molar-refractivity contribution is 0.235. The molecule has 0 amide bonds. The van der Waals surface area contributed by atoms with E-state index in [0.29, 0.717) is 6.42 Å². The topological polar surface area (TPSA) is 32.3 Å². The van der Waals surface area contributed by atoms with Crippen molar-refractivity contribution in [3.8, 4) is 0 Å². The second kappa shape index (κ2) is 3.44. The Balaban J connectivity index is 2.27. The number of aliphatic hydroxyl groups is 1. The molecule has 0 bridgehead atoms. The lowest BCUT2D eigenvalue weighted by Crippen LogP contribution is -2.38. The van der Waals surface area contributed by atoms with Crippen LogP contribution >= 0.6 is 0 Å². The van der Waals surface area contributed by atoms with Gasteiger partial charge in [-0.25, -0.2) is 4.39 Å². The van der Waals surface area contributed by atoms with Crippen molar-refractivity contribution in [3.63, 3.8) is 0 Å². The molecule has 2 N–H and O–H groups in total. The van der Waals surface area contributed by atoms with Crippen molar-refractivity contribution in [3.05, 3.63) is 35.1 Å². The molecule has 0 spiro atoms. The molecule has 1 aromatic rings. The highest BCUT2D eigenvalue weighted by Gasteiger charge is 2.16. The smallest absolute Gasteiger partial charge is 0.123 e. The summed E-state index contributed by atoms with van der Waals surface area (Å²) in [5.74, 6) is -0.197. The largest absolute Gasteiger partial charge is 0.395 e. The molecule has 1 aromatic carbocycles. The molecule has 1 aliphatic heterocycles. The highest BCUT2D eigenvalue weighted by atomic mass is 19.1. The molecule has 0 aromatic heterocycles. The van der Waals surface area contributed by atoms with Crippen LogP contribution in [0.15, 0.2) is 18.2 Å². The molecule has 2 rings (SSSR count). The van der Waals surface area contributed by atoms with Crippen LogP contribution in [0.4, 0.5) is 4.39 Å². The molecule has 0 fully saturated rings. The average Bonchev–Trinajstić information content (AvgIpc) is 2.16. The normalized spacial score (nSPS) is 21.2. The summed E-state index contributed by atoms with van der Waals surface area (Å²) in [6, 6.07) is 4.90. The molecular weight excluding hydrogens is 169 g/mol. The van der Waals surface area contributed by atoms with Gasteiger partial charge in [-0.3, -0.25) is 0 Å². The summed E-state index contributed by atoms with van der Waals surface area (Å²) in [4.78, 5) is 0. The van der Waals surface area contributed by atoms with Crippen molar-refractivity contribution in [2.24, 2.45) is 0 Å². The van der Waals surface area contributed by atoms with E-state index in [1.165, 1.54) is 6.07 Å². The van der Waals surface area contributed by atoms with Crippen molar-refractivity contribution < 1.29 is 9.50 Å². The summed E-state index contributed by atoms with van der Waals surface area (Å²) in [5, 5.41) is 12.1. The monoisotopic (exact) mass is 181 g/mol. The van der Waals surface area contributed by atoms with E-state index in [0.717, 1.165) is 17.7 Å². The van der Waals surface area contributed by atoms with Gasteiger partial charge in [-0.1, -0.05) is 6.07 Å². The Labute approximate surface area is 76.4 Å². The first-order chi connectivity index (χ1) is 6.29. The van der Waals surface area contributed by atoms with Crippen LogP contribution < -0.4 is 5.32 Å². The van der Waals surface area contributed by atoms with Crippen LogP contribution in [0.5, 0.6) is 0 Å². The Bertz CT molecular complexity index is 314. The minimum absolute atomic E-state index is 0.0781. The average molecular weight is 181 g/mol. The molecule has 0 aliphatic carbocycles. The first kappa shape index (κ1) is 8.66. The zero-order valence-corrected chi connectivity index (χ0v) is 7.26. The Morgan fingerprint density at radius 2 is 2.31 bits per heavy atom. The Morgan fingerprint density at radius 1 is 1.46 bits per heavy atom. The molecule has 2 nitrogen and oxygen atoms in total. The van der Waals surface area contributed by atoms with Gasteiger partial charge >= 0.3 is 0 Å². The summed E-state index contributed by atoms with van der Waals surface area (Å²) in [5.41, 5.74) is 2.14. The summed E-state index contributed by atoms with van der Waals surface area (Å²) < 4.78 is 12.8. The van der Waals surface area contributed by atoms with Crippen LogP contribution in [0.3, 0.4) is 0 Å². The van der Waals surface area contributed by atoms with Crippen LogP contribution in [0.2, 0.25) is 0 Å². The summed E-state index contributed by atoms with van der Waals surface area (Å²) >= 11 is 0. The summed E-state index contributed by atoms with van der Waals surface area (Å²) in [7, 11) is 0. The molecule has 1 aliphatic rings. The highest BCUT2D eigenvalue weighted by Crippen LogP contribution is 2.17. The second-order valence-corrected chi connectivity index (χ2v) is 3.38. The van der Waals surface area contributed by atoms with Gasteiger partial charge in [-0.05, 0) is 29.7 Å². The molecule has 0 saturated heterocycles. The number of hydrogen-bond donors (Lipinski definition) is 2. The molecule has 70 valence electrons. The second-order valence-electron chi connectivity index (χ2n) is 3.38. The van der Waals surface area contributed by atoms with Gasteiger partial charge in [0.2, 0.25) is 0 Å². The van der Waals surface area contributed by atoms with E-state index in [1.807, 2.05) is 0 Å². The van der Waals surface area contributed by atoms with Gasteiger partial charge in [0, 0.05) is 12.6 Å². The van der Waals surface area contributed by atoms with Gasteiger partial charge in [-0.15, -0.1) is 0 Å². The van der Waals surface area contributed by atoms with Crippen molar-refractivity contribution in [1.29, 1.82) is 0 Å². The van der Waals surface area contributed by atoms with Crippen molar-refractivity contribution in [2.45, 2.75) is 19.0 Å². The molecule has 3 heteroatoms. The van der Waals surface area contributed by atoms with Crippen LogP contribution in [0, 0.1) is 5.82 Å². The fourth-order valence-electron chi connectivity index (χ4n) is 1.68. The van der Waals surface area contributed by atoms with Crippen molar-refractivity contribution >= 4 is 0 Å². The minimum Gasteiger partial charge on any atom is -0.395 e. The molecule has 1 atom stereocenters. The zero-order chi connectivity index (χ0) is 9.26. The number of hydrogen-bond acceptors (Lipinski definition) is 2. The Morgan fingerprint density at radius 3 is 3.08 bits per heavy atom. The summed E-state index contributed by atoms with van der Waals surface area (Å²) in [6.07, 6.45) is 0.712. The van der Waals surface area contributed by atoms with Gasteiger partial charge in [0.15, 0.2) is 0 Å². The maximum absolute atomic E-state index is 12.8. The molecule has 1 heterocycles. The van der Waals surface area contributed by atoms with Crippen LogP contribution in [0.25, 0.3) is 0 Å². The standard InChI is InChI=1S/C10H12FNO/c11-9-2-1-7-5-12-10(6-13)4-8(7)3-9/h1-3,10,12-13H,4-6H2. The first-order valence-electron chi connectivity index (χ1n) is 4.41. The maximum atomic E-state index is 12.8. The number of benzene rings is 1. The third-order valence-electron chi connectivity index (χ3n) is 2.44. The number of nitrogens with one attached hydrogen (secondary N) is 1. The van der Waals surface area contributed by atoms with Crippen molar-refractivity contribution in [2.75, 3.05) is 6.61 Å². The predicted molar refractivity (Wildman–Crippen MR) is 47.8 cm³/mol. The molecule has 13 heavy (non-hydrogen) atoms. The summed E-state index contributed by atoms with van der Waals surface area (Å²) in [6.45, 7) is 0.830. The van der Waals surface area contributed by atoms with E-state index in [2.05, 4.69) is 5.32 Å². The quantitative estimate of drug-likeness (QED) is 0.672. The van der Waals surface area contributed by atoms with Crippen molar-refractivity contribution in [1.82, 2.24) is 5.32 Å². The number of rotatable bonds is 1. The minimum atomic E-state index is -0.197. The van der Waals surface area contributed by atoms with E-state index < -0.39 is 0 Å². The molecule has 0 saturated carbocycles. The fraction of sp³-hybridized carbons (Fsp3) is 0.400. The number of halogens is 1. The highest BCUT2D eigenvalue weighted by molar-refractivity contribution is 5.30. The Kier molecular flexibility index (Phi) is 2.29. The van der Waals surface area contributed by atoms with E-state index in [1.54, 1.807) is 12.1 Å². The third kappa shape index (κ3) is 1.71. The molecule has 1 unspecified atom stereocenters. The SMILES string of the molecule is OCC1Cc2cc(F)ccc2CN1. The predicted octanol–water partition coefficient (Wildman–Crippen LogP) is 0.832. The maximum Gasteiger partial charge on any atom is 0.123 e. The van der Waals surface area contributed by atoms with E-state index in [-0.39, 0.29) is 18.5 Å². The number of aliphatic hydroxyl groups excluding tert-OH is 1. The van der Waals surface area contributed by atoms with Crippen LogP contribution in [0.1, 0.15) is 11.1 Å². The lowest BCUT2D eigenvalue weighted by Gasteiger charge is -2.24. The first-order valence-corrected chi connectivity index (χ1v) is 4.41. The van der Waals surface area contributed by atoms with Gasteiger partial charge in [0.25, 0.3) is 0 Å². The van der Waals surface area contributed by atoms with Crippen LogP contribution in [-0.4, -0.2) is 17.8 Å². The Hall–Kier alpha value is -0.930. The third-order valence-corrected chi connectivity index (χ3v) is 2.44. The number of fused-ring (bicyclic) bond motifs is 1. The van der Waals surface area contributed by atoms with Gasteiger partial charge in [0.1, 0.15) is 5.82 Å². The van der Waals surface area contributed by atoms with Crippen LogP contribution in [-0.2, 0) is 13.0 Å². The lowest BCUT2D eigenvalue weighted by atomic mass is 9.96. The van der Waals surface area contributed by atoms with E-state index in [9.17, 15) is 4.39 Å². The van der Waals surface area contributed by atoms with Gasteiger partial charge in [-0.2, -0.15) is 0 Å². The van der Waals surface area contributed by atoms with Gasteiger partial charge < -0.3 is 10.4 Å². The fourth-order valence-corrected chi connectivity index (χ4v) is 1.68.